The molecule has 2 aromatic rings. The number of anilines is 1. The number of hydrogen-bond acceptors (Lipinski definition) is 5. The predicted octanol–water partition coefficient (Wildman–Crippen LogP) is 3.84. The van der Waals surface area contributed by atoms with Gasteiger partial charge in [-0.25, -0.2) is 4.79 Å². The molecule has 2 aromatic carbocycles. The molecule has 1 N–H and O–H groups in total. The minimum absolute atomic E-state index is 0.272. The molecule has 0 saturated carbocycles. The zero-order chi connectivity index (χ0) is 20.7. The van der Waals surface area contributed by atoms with Crippen LogP contribution in [-0.4, -0.2) is 32.7 Å². The molecule has 0 unspecified atom stereocenters. The van der Waals surface area contributed by atoms with E-state index in [4.69, 9.17) is 14.2 Å². The summed E-state index contributed by atoms with van der Waals surface area (Å²) in [6.45, 7) is 7.21. The fourth-order valence-electron chi connectivity index (χ4n) is 2.93. The number of rotatable bonds is 8. The smallest absolute Gasteiger partial charge is 0.338 e. The van der Waals surface area contributed by atoms with Crippen molar-refractivity contribution in [2.45, 2.75) is 20.3 Å². The quantitative estimate of drug-likeness (QED) is 0.554. The fraction of sp³-hybridized carbons (Fsp3) is 0.273. The minimum atomic E-state index is -0.623. The summed E-state index contributed by atoms with van der Waals surface area (Å²) in [5.74, 6) is -0.0908. The van der Waals surface area contributed by atoms with Gasteiger partial charge in [0.05, 0.1) is 19.8 Å². The zero-order valence-corrected chi connectivity index (χ0v) is 16.6. The summed E-state index contributed by atoms with van der Waals surface area (Å²) in [6, 6.07) is 8.88. The Balaban J connectivity index is 2.08. The second kappa shape index (κ2) is 9.60. The third kappa shape index (κ3) is 5.36. The lowest BCUT2D eigenvalue weighted by Crippen LogP contribution is -2.21. The number of ether oxygens (including phenoxy) is 3. The van der Waals surface area contributed by atoms with Gasteiger partial charge in [0, 0.05) is 11.3 Å². The van der Waals surface area contributed by atoms with E-state index in [1.807, 2.05) is 32.0 Å². The van der Waals surface area contributed by atoms with Crippen LogP contribution < -0.4 is 14.8 Å². The van der Waals surface area contributed by atoms with Gasteiger partial charge in [-0.15, -0.1) is 6.58 Å². The number of allylic oxidation sites excluding steroid dienone is 1. The molecule has 148 valence electrons. The Hall–Kier alpha value is -3.28. The second-order valence-corrected chi connectivity index (χ2v) is 6.36. The highest BCUT2D eigenvalue weighted by Gasteiger charge is 2.17. The Bertz CT molecular complexity index is 868. The molecular formula is C22H25NO5. The molecular weight excluding hydrogens is 358 g/mol. The Kier molecular flexibility index (Phi) is 7.21. The molecule has 1 amide bonds. The van der Waals surface area contributed by atoms with Crippen LogP contribution in [0.2, 0.25) is 0 Å². The number of amides is 1. The molecule has 0 aliphatic heterocycles. The molecule has 0 bridgehead atoms. The van der Waals surface area contributed by atoms with Gasteiger partial charge in [-0.3, -0.25) is 4.79 Å². The normalized spacial score (nSPS) is 10.1. The number of esters is 1. The van der Waals surface area contributed by atoms with Crippen LogP contribution in [-0.2, 0) is 16.0 Å². The topological polar surface area (TPSA) is 73.9 Å². The standard InChI is InChI=1S/C22H25NO5/c1-6-7-16-11-17(12-19(26-4)21(16)27-5)22(25)28-13-20(24)23-18-9-14(2)8-15(3)10-18/h6,8-12H,1,7,13H2,2-5H3,(H,23,24). The Morgan fingerprint density at radius 3 is 2.29 bits per heavy atom. The average Bonchev–Trinajstić information content (AvgIpc) is 2.64. The van der Waals surface area contributed by atoms with E-state index in [-0.39, 0.29) is 5.56 Å². The highest BCUT2D eigenvalue weighted by atomic mass is 16.5. The van der Waals surface area contributed by atoms with Gasteiger partial charge >= 0.3 is 5.97 Å². The van der Waals surface area contributed by atoms with Crippen molar-refractivity contribution < 1.29 is 23.8 Å². The monoisotopic (exact) mass is 383 g/mol. The minimum Gasteiger partial charge on any atom is -0.493 e. The summed E-state index contributed by atoms with van der Waals surface area (Å²) in [5.41, 5.74) is 3.75. The van der Waals surface area contributed by atoms with Crippen LogP contribution in [0.4, 0.5) is 5.69 Å². The number of nitrogens with one attached hydrogen (secondary N) is 1. The molecule has 0 aromatic heterocycles. The number of hydrogen-bond donors (Lipinski definition) is 1. The molecule has 28 heavy (non-hydrogen) atoms. The van der Waals surface area contributed by atoms with Gasteiger partial charge in [-0.2, -0.15) is 0 Å². The van der Waals surface area contributed by atoms with E-state index in [1.54, 1.807) is 12.1 Å². The molecule has 6 heteroatoms. The van der Waals surface area contributed by atoms with Crippen LogP contribution >= 0.6 is 0 Å². The van der Waals surface area contributed by atoms with E-state index in [1.165, 1.54) is 20.3 Å². The number of benzene rings is 2. The maximum atomic E-state index is 12.4. The predicted molar refractivity (Wildman–Crippen MR) is 108 cm³/mol. The van der Waals surface area contributed by atoms with Crippen molar-refractivity contribution in [1.82, 2.24) is 0 Å². The Morgan fingerprint density at radius 1 is 1.04 bits per heavy atom. The van der Waals surface area contributed by atoms with Crippen LogP contribution in [0.1, 0.15) is 27.0 Å². The van der Waals surface area contributed by atoms with Gasteiger partial charge < -0.3 is 19.5 Å². The summed E-state index contributed by atoms with van der Waals surface area (Å²) < 4.78 is 15.8. The molecule has 0 aliphatic rings. The maximum Gasteiger partial charge on any atom is 0.338 e. The first kappa shape index (κ1) is 21.0. The van der Waals surface area contributed by atoms with Crippen molar-refractivity contribution >= 4 is 17.6 Å². The van der Waals surface area contributed by atoms with Crippen molar-refractivity contribution in [1.29, 1.82) is 0 Å². The SMILES string of the molecule is C=CCc1cc(C(=O)OCC(=O)Nc2cc(C)cc(C)c2)cc(OC)c1OC. The van der Waals surface area contributed by atoms with E-state index < -0.39 is 18.5 Å². The molecule has 0 radical (unpaired) electrons. The Morgan fingerprint density at radius 2 is 1.71 bits per heavy atom. The molecule has 0 fully saturated rings. The first-order chi connectivity index (χ1) is 13.4. The van der Waals surface area contributed by atoms with Crippen LogP contribution in [0.3, 0.4) is 0 Å². The van der Waals surface area contributed by atoms with E-state index in [0.29, 0.717) is 23.6 Å². The molecule has 0 aliphatic carbocycles. The molecule has 0 spiro atoms. The Labute approximate surface area is 165 Å². The summed E-state index contributed by atoms with van der Waals surface area (Å²) in [4.78, 5) is 24.5. The van der Waals surface area contributed by atoms with Crippen LogP contribution in [0.15, 0.2) is 43.0 Å². The number of carbonyl (C=O) groups excluding carboxylic acids is 2. The van der Waals surface area contributed by atoms with Crippen LogP contribution in [0.5, 0.6) is 11.5 Å². The average molecular weight is 383 g/mol. The fourth-order valence-corrected chi connectivity index (χ4v) is 2.93. The van der Waals surface area contributed by atoms with Gasteiger partial charge in [0.15, 0.2) is 18.1 Å². The molecule has 0 saturated heterocycles. The summed E-state index contributed by atoms with van der Waals surface area (Å²) in [7, 11) is 3.02. The lowest BCUT2D eigenvalue weighted by Gasteiger charge is -2.14. The van der Waals surface area contributed by atoms with Gasteiger partial charge in [0.2, 0.25) is 0 Å². The molecule has 2 rings (SSSR count). The van der Waals surface area contributed by atoms with Crippen molar-refractivity contribution in [2.75, 3.05) is 26.1 Å². The van der Waals surface area contributed by atoms with Gasteiger partial charge in [-0.05, 0) is 55.7 Å². The second-order valence-electron chi connectivity index (χ2n) is 6.36. The van der Waals surface area contributed by atoms with E-state index >= 15 is 0 Å². The number of methoxy groups -OCH3 is 2. The van der Waals surface area contributed by atoms with Crippen LogP contribution in [0, 0.1) is 13.8 Å². The van der Waals surface area contributed by atoms with Gasteiger partial charge in [-0.1, -0.05) is 12.1 Å². The van der Waals surface area contributed by atoms with Crippen molar-refractivity contribution in [3.8, 4) is 11.5 Å². The lowest BCUT2D eigenvalue weighted by molar-refractivity contribution is -0.119. The summed E-state index contributed by atoms with van der Waals surface area (Å²) in [6.07, 6.45) is 2.19. The molecule has 6 nitrogen and oxygen atoms in total. The van der Waals surface area contributed by atoms with Crippen LogP contribution in [0.25, 0.3) is 0 Å². The number of carbonyl (C=O) groups is 2. The summed E-state index contributed by atoms with van der Waals surface area (Å²) >= 11 is 0. The lowest BCUT2D eigenvalue weighted by atomic mass is 10.1. The largest absolute Gasteiger partial charge is 0.493 e. The maximum absolute atomic E-state index is 12.4. The van der Waals surface area contributed by atoms with E-state index in [2.05, 4.69) is 11.9 Å². The van der Waals surface area contributed by atoms with Gasteiger partial charge in [0.1, 0.15) is 0 Å². The third-order valence-corrected chi connectivity index (χ3v) is 4.00. The van der Waals surface area contributed by atoms with Crippen molar-refractivity contribution in [3.05, 3.63) is 65.2 Å². The van der Waals surface area contributed by atoms with E-state index in [9.17, 15) is 9.59 Å². The highest BCUT2D eigenvalue weighted by molar-refractivity contribution is 5.96. The first-order valence-electron chi connectivity index (χ1n) is 8.79. The summed E-state index contributed by atoms with van der Waals surface area (Å²) in [5, 5.41) is 2.73. The van der Waals surface area contributed by atoms with E-state index in [0.717, 1.165) is 16.7 Å². The van der Waals surface area contributed by atoms with Crippen molar-refractivity contribution in [3.63, 3.8) is 0 Å². The van der Waals surface area contributed by atoms with Crippen molar-refractivity contribution in [2.24, 2.45) is 0 Å². The molecule has 0 heterocycles. The first-order valence-corrected chi connectivity index (χ1v) is 8.79. The third-order valence-electron chi connectivity index (χ3n) is 4.00. The van der Waals surface area contributed by atoms with Gasteiger partial charge in [0.25, 0.3) is 5.91 Å². The number of aryl methyl sites for hydroxylation is 2. The highest BCUT2D eigenvalue weighted by Crippen LogP contribution is 2.33. The molecule has 0 atom stereocenters. The zero-order valence-electron chi connectivity index (χ0n) is 16.6.